The monoisotopic (exact) mass is 325 g/mol. The molecule has 3 nitrogen and oxygen atoms in total. The lowest BCUT2D eigenvalue weighted by Gasteiger charge is -2.35. The molecule has 1 aliphatic rings. The summed E-state index contributed by atoms with van der Waals surface area (Å²) in [6.07, 6.45) is 4.85. The average molecular weight is 325 g/mol. The van der Waals surface area contributed by atoms with E-state index >= 15 is 0 Å². The molecule has 128 valence electrons. The predicted molar refractivity (Wildman–Crippen MR) is 97.3 cm³/mol. The lowest BCUT2D eigenvalue weighted by Crippen LogP contribution is -2.35. The van der Waals surface area contributed by atoms with Gasteiger partial charge in [0.15, 0.2) is 0 Å². The number of hydrogen-bond acceptors (Lipinski definition) is 3. The van der Waals surface area contributed by atoms with Gasteiger partial charge in [-0.25, -0.2) is 0 Å². The second-order valence-electron chi connectivity index (χ2n) is 6.41. The summed E-state index contributed by atoms with van der Waals surface area (Å²) in [5.41, 5.74) is 2.58. The Morgan fingerprint density at radius 1 is 0.917 bits per heavy atom. The molecule has 0 bridgehead atoms. The zero-order valence-corrected chi connectivity index (χ0v) is 14.2. The molecule has 1 aliphatic heterocycles. The third-order valence-electron chi connectivity index (χ3n) is 4.73. The first-order valence-corrected chi connectivity index (χ1v) is 8.99. The molecule has 0 spiro atoms. The van der Waals surface area contributed by atoms with Crippen LogP contribution < -0.4 is 4.74 Å². The molecule has 1 fully saturated rings. The lowest BCUT2D eigenvalue weighted by molar-refractivity contribution is 0.154. The average Bonchev–Trinajstić information content (AvgIpc) is 2.66. The van der Waals surface area contributed by atoms with Gasteiger partial charge >= 0.3 is 0 Å². The zero-order chi connectivity index (χ0) is 16.6. The smallest absolute Gasteiger partial charge is 0.124 e. The second kappa shape index (κ2) is 8.86. The van der Waals surface area contributed by atoms with Gasteiger partial charge in [0.2, 0.25) is 0 Å². The number of piperidine rings is 1. The normalized spacial score (nSPS) is 16.7. The van der Waals surface area contributed by atoms with Gasteiger partial charge in [0.1, 0.15) is 12.4 Å². The fourth-order valence-corrected chi connectivity index (χ4v) is 3.55. The second-order valence-corrected chi connectivity index (χ2v) is 6.41. The molecule has 0 amide bonds. The molecule has 24 heavy (non-hydrogen) atoms. The number of aliphatic hydroxyl groups is 1. The van der Waals surface area contributed by atoms with Gasteiger partial charge < -0.3 is 9.84 Å². The Bertz CT molecular complexity index is 608. The van der Waals surface area contributed by atoms with E-state index in [9.17, 15) is 0 Å². The first-order chi connectivity index (χ1) is 11.9. The third-order valence-corrected chi connectivity index (χ3v) is 4.73. The van der Waals surface area contributed by atoms with Crippen LogP contribution in [0.15, 0.2) is 54.6 Å². The van der Waals surface area contributed by atoms with Crippen molar-refractivity contribution in [1.29, 1.82) is 0 Å². The summed E-state index contributed by atoms with van der Waals surface area (Å²) in [6, 6.07) is 19.3. The molecular weight excluding hydrogens is 298 g/mol. The summed E-state index contributed by atoms with van der Waals surface area (Å²) in [5, 5.41) is 9.11. The van der Waals surface area contributed by atoms with Crippen LogP contribution in [0, 0.1) is 0 Å². The fraction of sp³-hybridized carbons (Fsp3) is 0.429. The van der Waals surface area contributed by atoms with Gasteiger partial charge in [-0.05, 0) is 44.0 Å². The van der Waals surface area contributed by atoms with E-state index in [0.717, 1.165) is 25.3 Å². The van der Waals surface area contributed by atoms with Crippen LogP contribution in [0.2, 0.25) is 0 Å². The summed E-state index contributed by atoms with van der Waals surface area (Å²) in [5.74, 6) is 0.901. The molecule has 2 aromatic carbocycles. The van der Waals surface area contributed by atoms with Crippen LogP contribution in [0.4, 0.5) is 0 Å². The first-order valence-electron chi connectivity index (χ1n) is 8.99. The van der Waals surface area contributed by atoms with E-state index in [1.807, 2.05) is 12.1 Å². The van der Waals surface area contributed by atoms with Crippen molar-refractivity contribution >= 4 is 0 Å². The molecule has 0 aromatic heterocycles. The maximum atomic E-state index is 9.11. The number of likely N-dealkylation sites (tertiary alicyclic amines) is 1. The highest BCUT2D eigenvalue weighted by Crippen LogP contribution is 2.33. The van der Waals surface area contributed by atoms with Crippen molar-refractivity contribution in [3.8, 4) is 5.75 Å². The summed E-state index contributed by atoms with van der Waals surface area (Å²) in [6.45, 7) is 2.67. The number of ether oxygens (including phenoxy) is 1. The van der Waals surface area contributed by atoms with Crippen molar-refractivity contribution in [2.75, 3.05) is 26.3 Å². The van der Waals surface area contributed by atoms with Gasteiger partial charge in [0.05, 0.1) is 6.61 Å². The van der Waals surface area contributed by atoms with Gasteiger partial charge in [0, 0.05) is 11.6 Å². The van der Waals surface area contributed by atoms with Crippen molar-refractivity contribution in [2.45, 2.75) is 31.7 Å². The summed E-state index contributed by atoms with van der Waals surface area (Å²) in [4.78, 5) is 2.59. The van der Waals surface area contributed by atoms with Crippen LogP contribution in [-0.4, -0.2) is 36.3 Å². The van der Waals surface area contributed by atoms with E-state index in [0.29, 0.717) is 12.6 Å². The minimum atomic E-state index is 0.0431. The molecule has 1 N–H and O–H groups in total. The van der Waals surface area contributed by atoms with Crippen molar-refractivity contribution in [3.63, 3.8) is 0 Å². The maximum Gasteiger partial charge on any atom is 0.124 e. The van der Waals surface area contributed by atoms with Crippen LogP contribution in [0.25, 0.3) is 0 Å². The van der Waals surface area contributed by atoms with Gasteiger partial charge in [-0.3, -0.25) is 4.90 Å². The number of nitrogens with zero attached hydrogens (tertiary/aromatic N) is 1. The Hall–Kier alpha value is -1.84. The Labute approximate surface area is 144 Å². The van der Waals surface area contributed by atoms with E-state index in [4.69, 9.17) is 9.84 Å². The van der Waals surface area contributed by atoms with E-state index in [2.05, 4.69) is 47.4 Å². The highest BCUT2D eigenvalue weighted by molar-refractivity contribution is 5.37. The minimum absolute atomic E-state index is 0.0431. The van der Waals surface area contributed by atoms with Crippen LogP contribution in [0.1, 0.15) is 36.4 Å². The molecule has 1 saturated heterocycles. The van der Waals surface area contributed by atoms with Gasteiger partial charge in [-0.15, -0.1) is 0 Å². The molecule has 1 heterocycles. The van der Waals surface area contributed by atoms with E-state index < -0.39 is 0 Å². The Balaban J connectivity index is 1.88. The zero-order valence-electron chi connectivity index (χ0n) is 14.2. The Morgan fingerprint density at radius 2 is 1.62 bits per heavy atom. The van der Waals surface area contributed by atoms with Crippen LogP contribution in [-0.2, 0) is 6.42 Å². The van der Waals surface area contributed by atoms with Gasteiger partial charge in [0.25, 0.3) is 0 Å². The molecule has 0 saturated carbocycles. The van der Waals surface area contributed by atoms with Crippen molar-refractivity contribution < 1.29 is 9.84 Å². The number of rotatable bonds is 7. The van der Waals surface area contributed by atoms with Gasteiger partial charge in [-0.2, -0.15) is 0 Å². The lowest BCUT2D eigenvalue weighted by atomic mass is 9.94. The third kappa shape index (κ3) is 4.37. The molecule has 0 aliphatic carbocycles. The highest BCUT2D eigenvalue weighted by atomic mass is 16.5. The number of para-hydroxylation sites is 1. The predicted octanol–water partition coefficient (Wildman–Crippen LogP) is 3.83. The highest BCUT2D eigenvalue weighted by Gasteiger charge is 2.25. The van der Waals surface area contributed by atoms with Gasteiger partial charge in [-0.1, -0.05) is 55.0 Å². The van der Waals surface area contributed by atoms with Crippen LogP contribution in [0.3, 0.4) is 0 Å². The number of benzene rings is 2. The van der Waals surface area contributed by atoms with Crippen molar-refractivity contribution in [3.05, 3.63) is 65.7 Å². The minimum Gasteiger partial charge on any atom is -0.491 e. The first kappa shape index (κ1) is 17.0. The fourth-order valence-electron chi connectivity index (χ4n) is 3.55. The quantitative estimate of drug-likeness (QED) is 0.840. The SMILES string of the molecule is OCCOc1ccccc1[C@@H](Cc1ccccc1)N1CCCCC1. The van der Waals surface area contributed by atoms with E-state index in [-0.39, 0.29) is 6.61 Å². The molecule has 1 atom stereocenters. The summed E-state index contributed by atoms with van der Waals surface area (Å²) in [7, 11) is 0. The topological polar surface area (TPSA) is 32.7 Å². The van der Waals surface area contributed by atoms with Crippen LogP contribution in [0.5, 0.6) is 5.75 Å². The molecule has 0 radical (unpaired) electrons. The number of aliphatic hydroxyl groups excluding tert-OH is 1. The largest absolute Gasteiger partial charge is 0.491 e. The summed E-state index contributed by atoms with van der Waals surface area (Å²) < 4.78 is 5.82. The molecule has 2 aromatic rings. The maximum absolute atomic E-state index is 9.11. The Morgan fingerprint density at radius 3 is 2.38 bits per heavy atom. The van der Waals surface area contributed by atoms with Crippen molar-refractivity contribution in [2.24, 2.45) is 0 Å². The molecule has 3 heteroatoms. The van der Waals surface area contributed by atoms with E-state index in [1.54, 1.807) is 0 Å². The number of hydrogen-bond donors (Lipinski definition) is 1. The molecule has 0 unspecified atom stereocenters. The Kier molecular flexibility index (Phi) is 6.27. The summed E-state index contributed by atoms with van der Waals surface area (Å²) >= 11 is 0. The van der Waals surface area contributed by atoms with Crippen LogP contribution >= 0.6 is 0 Å². The standard InChI is InChI=1S/C21H27NO2/c23-15-16-24-21-12-6-5-11-19(21)20(22-13-7-2-8-14-22)17-18-9-3-1-4-10-18/h1,3-6,9-12,20,23H,2,7-8,13-17H2/t20-/m1/s1. The molecule has 3 rings (SSSR count). The van der Waals surface area contributed by atoms with E-state index in [1.165, 1.54) is 30.4 Å². The molecular formula is C21H27NO2. The van der Waals surface area contributed by atoms with Crippen molar-refractivity contribution in [1.82, 2.24) is 4.90 Å².